The van der Waals surface area contributed by atoms with Gasteiger partial charge in [0, 0.05) is 22.2 Å². The van der Waals surface area contributed by atoms with Gasteiger partial charge >= 0.3 is 0 Å². The van der Waals surface area contributed by atoms with E-state index in [-0.39, 0.29) is 5.41 Å². The molecule has 0 saturated heterocycles. The van der Waals surface area contributed by atoms with Gasteiger partial charge in [-0.05, 0) is 154 Å². The highest BCUT2D eigenvalue weighted by Gasteiger charge is 2.41. The van der Waals surface area contributed by atoms with E-state index in [0.29, 0.717) is 5.92 Å². The van der Waals surface area contributed by atoms with Crippen LogP contribution >= 0.6 is 0 Å². The van der Waals surface area contributed by atoms with Crippen molar-refractivity contribution in [2.75, 3.05) is 0 Å². The minimum absolute atomic E-state index is 0.168. The molecule has 316 valence electrons. The van der Waals surface area contributed by atoms with Gasteiger partial charge in [0.05, 0.1) is 16.9 Å². The molecule has 0 bridgehead atoms. The Morgan fingerprint density at radius 2 is 1.47 bits per heavy atom. The molecule has 0 amide bonds. The fraction of sp³-hybridized carbons (Fsp3) is 0.210. The first-order valence-corrected chi connectivity index (χ1v) is 23.4. The number of benzene rings is 5. The number of hydrogen-bond donors (Lipinski definition) is 0. The van der Waals surface area contributed by atoms with Gasteiger partial charge in [-0.2, -0.15) is 0 Å². The van der Waals surface area contributed by atoms with Crippen LogP contribution in [0.2, 0.25) is 0 Å². The molecule has 2 heteroatoms. The van der Waals surface area contributed by atoms with Crippen molar-refractivity contribution in [3.8, 4) is 16.8 Å². The lowest BCUT2D eigenvalue weighted by molar-refractivity contribution is 0.655. The zero-order chi connectivity index (χ0) is 43.8. The van der Waals surface area contributed by atoms with Gasteiger partial charge in [-0.1, -0.05) is 180 Å². The summed E-state index contributed by atoms with van der Waals surface area (Å²) in [5.41, 5.74) is 22.7. The van der Waals surface area contributed by atoms with Crippen molar-refractivity contribution in [3.63, 3.8) is 0 Å². The average Bonchev–Trinajstić information content (AvgIpc) is 3.77. The molecule has 0 fully saturated rings. The molecule has 1 heterocycles. The summed E-state index contributed by atoms with van der Waals surface area (Å²) in [6.45, 7) is 14.2. The Balaban J connectivity index is 0.992. The van der Waals surface area contributed by atoms with Crippen molar-refractivity contribution >= 4 is 34.0 Å². The van der Waals surface area contributed by atoms with Gasteiger partial charge in [-0.15, -0.1) is 0 Å². The monoisotopic (exact) mass is 830 g/mol. The van der Waals surface area contributed by atoms with E-state index in [4.69, 9.17) is 11.6 Å². The molecule has 0 spiro atoms. The van der Waals surface area contributed by atoms with Gasteiger partial charge in [0.2, 0.25) is 0 Å². The Bertz CT molecular complexity index is 3020. The van der Waals surface area contributed by atoms with E-state index in [1.807, 2.05) is 0 Å². The Morgan fingerprint density at radius 1 is 0.766 bits per heavy atom. The smallest absolute Gasteiger partial charge is 0.0669 e. The summed E-state index contributed by atoms with van der Waals surface area (Å²) in [7, 11) is 0. The maximum Gasteiger partial charge on any atom is 0.0669 e. The lowest BCUT2D eigenvalue weighted by atomic mass is 9.75. The minimum Gasteiger partial charge on any atom is -0.310 e. The van der Waals surface area contributed by atoms with Crippen molar-refractivity contribution in [3.05, 3.63) is 238 Å². The third-order valence-corrected chi connectivity index (χ3v) is 14.1. The lowest BCUT2D eigenvalue weighted by Crippen LogP contribution is -2.18. The summed E-state index contributed by atoms with van der Waals surface area (Å²) < 4.78 is 2.50. The lowest BCUT2D eigenvalue weighted by Gasteiger charge is -2.28. The highest BCUT2D eigenvalue weighted by molar-refractivity contribution is 6.05. The Morgan fingerprint density at radius 3 is 2.19 bits per heavy atom. The summed E-state index contributed by atoms with van der Waals surface area (Å²) >= 11 is 0. The van der Waals surface area contributed by atoms with Crippen LogP contribution in [0.4, 0.5) is 0 Å². The van der Waals surface area contributed by atoms with E-state index in [9.17, 15) is 0 Å². The molecule has 0 aliphatic heterocycles. The molecule has 1 unspecified atom stereocenters. The fourth-order valence-electron chi connectivity index (χ4n) is 10.5. The van der Waals surface area contributed by atoms with Gasteiger partial charge in [0.15, 0.2) is 0 Å². The second kappa shape index (κ2) is 17.4. The maximum absolute atomic E-state index is 5.44. The van der Waals surface area contributed by atoms with Crippen molar-refractivity contribution in [2.24, 2.45) is 10.9 Å². The van der Waals surface area contributed by atoms with E-state index in [0.717, 1.165) is 67.5 Å². The molecule has 1 aromatic heterocycles. The van der Waals surface area contributed by atoms with E-state index < -0.39 is 0 Å². The first-order valence-electron chi connectivity index (χ1n) is 23.4. The van der Waals surface area contributed by atoms with E-state index >= 15 is 0 Å². The zero-order valence-electron chi connectivity index (χ0n) is 37.9. The molecule has 5 aromatic carbocycles. The van der Waals surface area contributed by atoms with Crippen molar-refractivity contribution < 1.29 is 0 Å². The van der Waals surface area contributed by atoms with Crippen molar-refractivity contribution in [1.29, 1.82) is 0 Å². The number of rotatable bonds is 9. The molecular formula is C62H58N2. The predicted octanol–water partition coefficient (Wildman–Crippen LogP) is 16.1. The van der Waals surface area contributed by atoms with Crippen LogP contribution in [-0.2, 0) is 18.3 Å². The molecule has 2 nitrogen and oxygen atoms in total. The van der Waals surface area contributed by atoms with E-state index in [1.165, 1.54) is 83.5 Å². The minimum atomic E-state index is -0.168. The summed E-state index contributed by atoms with van der Waals surface area (Å²) in [5, 5.41) is 1.37. The molecule has 10 rings (SSSR count). The molecule has 6 aromatic rings. The van der Waals surface area contributed by atoms with Gasteiger partial charge in [-0.3, -0.25) is 4.99 Å². The first-order chi connectivity index (χ1) is 31.3. The number of aryl methyl sites for hydroxylation is 1. The topological polar surface area (TPSA) is 17.3 Å². The van der Waals surface area contributed by atoms with Crippen LogP contribution in [0.15, 0.2) is 204 Å². The fourth-order valence-corrected chi connectivity index (χ4v) is 10.5. The van der Waals surface area contributed by atoms with Crippen LogP contribution < -0.4 is 0 Å². The average molecular weight is 831 g/mol. The summed E-state index contributed by atoms with van der Waals surface area (Å²) in [5.74, 6) is 0.300. The van der Waals surface area contributed by atoms with E-state index in [1.54, 1.807) is 0 Å². The second-order valence-corrected chi connectivity index (χ2v) is 18.5. The SMILES string of the molecule is C=C1/C(=C2/C=CCC/C2=C2\C=CC=CC2)C(C)(C)c2cc3c4c(n(-c5ccc(-c6ccc(C(=N/C(=C\Cc7ccccc7)c7ccccc7)C(C)CC)cc6)cc5)c3cc21)C=CCC4. The van der Waals surface area contributed by atoms with Crippen LogP contribution in [0, 0.1) is 5.92 Å². The summed E-state index contributed by atoms with van der Waals surface area (Å²) in [6, 6.07) is 44.5. The second-order valence-electron chi connectivity index (χ2n) is 18.5. The number of allylic oxidation sites excluding steroid dienone is 13. The molecule has 4 aliphatic rings. The molecule has 0 saturated carbocycles. The van der Waals surface area contributed by atoms with Crippen molar-refractivity contribution in [1.82, 2.24) is 4.57 Å². The maximum atomic E-state index is 5.44. The Labute approximate surface area is 380 Å². The standard InChI is InChI=1S/C62H58N2/c1-6-42(2)61(63-57(48-24-14-9-15-25-48)39-30-44-20-10-7-11-21-44)49-33-31-45(32-34-49)46-35-37-50(38-36-46)64-58-29-19-18-27-52(58)55-40-56-54(41-59(55)64)43(3)60(62(56,4)5)53-28-17-16-26-51(53)47-22-12-8-13-23-47/h7-15,17,19-22,24-25,28-29,31-42H,3,6,16,18,23,26-27,30H2,1-2,4-5H3/b51-47-,57-39-,60-53+,63-61?. The number of aromatic nitrogens is 1. The number of nitrogens with zero attached hydrogens (tertiary/aromatic N) is 2. The van der Waals surface area contributed by atoms with Crippen LogP contribution in [0.25, 0.3) is 45.1 Å². The number of aliphatic imine (C=N–C) groups is 1. The Hall–Kier alpha value is -6.77. The third-order valence-electron chi connectivity index (χ3n) is 14.1. The van der Waals surface area contributed by atoms with E-state index in [2.05, 4.69) is 208 Å². The zero-order valence-corrected chi connectivity index (χ0v) is 37.9. The molecule has 1 atom stereocenters. The van der Waals surface area contributed by atoms with Gasteiger partial charge in [0.1, 0.15) is 0 Å². The highest BCUT2D eigenvalue weighted by Crippen LogP contribution is 2.54. The molecular weight excluding hydrogens is 773 g/mol. The normalized spacial score (nSPS) is 19.7. The third kappa shape index (κ3) is 7.60. The van der Waals surface area contributed by atoms with Crippen LogP contribution in [0.3, 0.4) is 0 Å². The van der Waals surface area contributed by atoms with Crippen LogP contribution in [0.5, 0.6) is 0 Å². The summed E-state index contributed by atoms with van der Waals surface area (Å²) in [4.78, 5) is 5.44. The van der Waals surface area contributed by atoms with Gasteiger partial charge in [-0.25, -0.2) is 0 Å². The molecule has 64 heavy (non-hydrogen) atoms. The van der Waals surface area contributed by atoms with Crippen molar-refractivity contribution in [2.45, 2.75) is 78.1 Å². The molecule has 0 radical (unpaired) electrons. The van der Waals surface area contributed by atoms with Crippen LogP contribution in [-0.4, -0.2) is 10.3 Å². The van der Waals surface area contributed by atoms with Crippen LogP contribution in [0.1, 0.15) is 98.9 Å². The highest BCUT2D eigenvalue weighted by atomic mass is 15.0. The van der Waals surface area contributed by atoms with Gasteiger partial charge < -0.3 is 4.57 Å². The predicted molar refractivity (Wildman–Crippen MR) is 274 cm³/mol. The number of hydrogen-bond acceptors (Lipinski definition) is 1. The quantitative estimate of drug-likeness (QED) is 0.129. The summed E-state index contributed by atoms with van der Waals surface area (Å²) in [6.07, 6.45) is 27.8. The van der Waals surface area contributed by atoms with Gasteiger partial charge in [0.25, 0.3) is 0 Å². The number of fused-ring (bicyclic) bond motifs is 4. The Kier molecular flexibility index (Phi) is 11.2. The first kappa shape index (κ1) is 41.3. The largest absolute Gasteiger partial charge is 0.310 e. The molecule has 4 aliphatic carbocycles. The molecule has 0 N–H and O–H groups in total.